The lowest BCUT2D eigenvalue weighted by Crippen LogP contribution is -2.28. The molecule has 158 valence electrons. The molecular formula is C25H20N4O3. The van der Waals surface area contributed by atoms with Gasteiger partial charge in [-0.25, -0.2) is 0 Å². The summed E-state index contributed by atoms with van der Waals surface area (Å²) in [5, 5.41) is 29.6. The molecule has 1 aliphatic rings. The minimum absolute atomic E-state index is 0.0188. The van der Waals surface area contributed by atoms with Crippen LogP contribution >= 0.6 is 0 Å². The maximum Gasteiger partial charge on any atom is 0.269 e. The zero-order valence-corrected chi connectivity index (χ0v) is 17.1. The fourth-order valence-electron chi connectivity index (χ4n) is 4.11. The number of nitro groups is 1. The van der Waals surface area contributed by atoms with Crippen molar-refractivity contribution in [3.05, 3.63) is 106 Å². The van der Waals surface area contributed by atoms with Crippen LogP contribution in [0.15, 0.2) is 90.2 Å². The molecule has 0 bridgehead atoms. The summed E-state index contributed by atoms with van der Waals surface area (Å²) < 4.78 is 0. The molecule has 7 nitrogen and oxygen atoms in total. The van der Waals surface area contributed by atoms with Gasteiger partial charge in [0, 0.05) is 30.1 Å². The molecule has 0 unspecified atom stereocenters. The van der Waals surface area contributed by atoms with E-state index in [4.69, 9.17) is 5.10 Å². The summed E-state index contributed by atoms with van der Waals surface area (Å²) in [4.78, 5) is 14.9. The molecular weight excluding hydrogens is 404 g/mol. The highest BCUT2D eigenvalue weighted by atomic mass is 16.6. The van der Waals surface area contributed by atoms with Crippen LogP contribution in [-0.4, -0.2) is 26.8 Å². The third-order valence-corrected chi connectivity index (χ3v) is 5.72. The van der Waals surface area contributed by atoms with Gasteiger partial charge in [0.1, 0.15) is 11.3 Å². The van der Waals surface area contributed by atoms with Gasteiger partial charge in [0.05, 0.1) is 22.4 Å². The largest absolute Gasteiger partial charge is 0.505 e. The van der Waals surface area contributed by atoms with Crippen LogP contribution < -0.4 is 5.01 Å². The molecule has 0 amide bonds. The quantitative estimate of drug-likeness (QED) is 0.357. The Morgan fingerprint density at radius 1 is 1.00 bits per heavy atom. The van der Waals surface area contributed by atoms with Crippen molar-refractivity contribution in [2.45, 2.75) is 18.9 Å². The van der Waals surface area contributed by atoms with Crippen molar-refractivity contribution in [2.75, 3.05) is 5.01 Å². The first-order chi connectivity index (χ1) is 15.6. The molecule has 0 spiro atoms. The first-order valence-electron chi connectivity index (χ1n) is 10.3. The third kappa shape index (κ3) is 3.65. The number of non-ortho nitro benzene ring substituents is 1. The Balaban J connectivity index is 1.49. The second-order valence-electron chi connectivity index (χ2n) is 7.74. The number of hydrogen-bond donors (Lipinski definition) is 1. The molecule has 1 aliphatic heterocycles. The number of benzene rings is 3. The number of hydrogen-bond acceptors (Lipinski definition) is 6. The minimum atomic E-state index is -0.407. The lowest BCUT2D eigenvalue weighted by Gasteiger charge is -2.24. The minimum Gasteiger partial charge on any atom is -0.505 e. The van der Waals surface area contributed by atoms with Crippen molar-refractivity contribution in [1.29, 1.82) is 0 Å². The van der Waals surface area contributed by atoms with Crippen molar-refractivity contribution >= 4 is 28.0 Å². The van der Waals surface area contributed by atoms with Gasteiger partial charge in [-0.3, -0.25) is 20.1 Å². The smallest absolute Gasteiger partial charge is 0.269 e. The van der Waals surface area contributed by atoms with Crippen molar-refractivity contribution in [2.24, 2.45) is 5.10 Å². The van der Waals surface area contributed by atoms with E-state index in [0.717, 1.165) is 27.9 Å². The Labute approximate surface area is 184 Å². The highest BCUT2D eigenvalue weighted by Crippen LogP contribution is 2.33. The van der Waals surface area contributed by atoms with Gasteiger partial charge in [0.25, 0.3) is 5.69 Å². The molecule has 1 aromatic heterocycles. The number of pyridine rings is 1. The average Bonchev–Trinajstić information content (AvgIpc) is 3.25. The van der Waals surface area contributed by atoms with Gasteiger partial charge in [-0.05, 0) is 47.9 Å². The van der Waals surface area contributed by atoms with Gasteiger partial charge < -0.3 is 5.11 Å². The summed E-state index contributed by atoms with van der Waals surface area (Å²) in [6, 6.07) is 24.0. The van der Waals surface area contributed by atoms with Gasteiger partial charge in [-0.2, -0.15) is 5.10 Å². The molecule has 0 fully saturated rings. The molecule has 0 aliphatic carbocycles. The van der Waals surface area contributed by atoms with E-state index in [-0.39, 0.29) is 17.5 Å². The highest BCUT2D eigenvalue weighted by Gasteiger charge is 2.30. The van der Waals surface area contributed by atoms with E-state index >= 15 is 0 Å². The zero-order chi connectivity index (χ0) is 22.1. The summed E-state index contributed by atoms with van der Waals surface area (Å²) in [5.74, 6) is 0.194. The predicted octanol–water partition coefficient (Wildman–Crippen LogP) is 5.07. The normalized spacial score (nSPS) is 15.7. The lowest BCUT2D eigenvalue weighted by atomic mass is 9.97. The Morgan fingerprint density at radius 3 is 2.53 bits per heavy atom. The second kappa shape index (κ2) is 8.11. The number of hydrazone groups is 1. The summed E-state index contributed by atoms with van der Waals surface area (Å²) in [6.45, 7) is 0. The van der Waals surface area contributed by atoms with Crippen molar-refractivity contribution in [1.82, 2.24) is 4.98 Å². The molecule has 4 aromatic rings. The number of nitrogens with zero attached hydrogens (tertiary/aromatic N) is 4. The molecule has 5 rings (SSSR count). The van der Waals surface area contributed by atoms with Crippen molar-refractivity contribution < 1.29 is 10.0 Å². The van der Waals surface area contributed by atoms with E-state index in [9.17, 15) is 15.2 Å². The maximum absolute atomic E-state index is 11.0. The Morgan fingerprint density at radius 2 is 1.78 bits per heavy atom. The van der Waals surface area contributed by atoms with Crippen LogP contribution in [0, 0.1) is 10.1 Å². The summed E-state index contributed by atoms with van der Waals surface area (Å²) in [6.07, 6.45) is 2.90. The lowest BCUT2D eigenvalue weighted by molar-refractivity contribution is -0.384. The van der Waals surface area contributed by atoms with Gasteiger partial charge in [0.15, 0.2) is 0 Å². The van der Waals surface area contributed by atoms with Crippen LogP contribution in [0.4, 0.5) is 11.4 Å². The highest BCUT2D eigenvalue weighted by molar-refractivity contribution is 6.03. The van der Waals surface area contributed by atoms with Crippen LogP contribution in [0.5, 0.6) is 5.75 Å². The number of phenolic OH excluding ortho intramolecular Hbond substituents is 1. The molecule has 3 aromatic carbocycles. The number of para-hydroxylation sites is 1. The second-order valence-corrected chi connectivity index (χ2v) is 7.74. The monoisotopic (exact) mass is 424 g/mol. The Kier molecular flexibility index (Phi) is 4.99. The first-order valence-corrected chi connectivity index (χ1v) is 10.3. The van der Waals surface area contributed by atoms with E-state index in [1.807, 2.05) is 59.6 Å². The molecule has 2 heterocycles. The number of aromatic hydroxyl groups is 1. The summed E-state index contributed by atoms with van der Waals surface area (Å²) in [7, 11) is 0. The molecule has 7 heteroatoms. The maximum atomic E-state index is 11.0. The number of aromatic nitrogens is 1. The fourth-order valence-corrected chi connectivity index (χ4v) is 4.11. The van der Waals surface area contributed by atoms with Gasteiger partial charge >= 0.3 is 0 Å². The van der Waals surface area contributed by atoms with Gasteiger partial charge in [-0.1, -0.05) is 36.4 Å². The zero-order valence-electron chi connectivity index (χ0n) is 17.1. The van der Waals surface area contributed by atoms with Crippen LogP contribution in [-0.2, 0) is 6.42 Å². The predicted molar refractivity (Wildman–Crippen MR) is 124 cm³/mol. The molecule has 0 radical (unpaired) electrons. The van der Waals surface area contributed by atoms with E-state index in [1.54, 1.807) is 18.3 Å². The third-order valence-electron chi connectivity index (χ3n) is 5.72. The van der Waals surface area contributed by atoms with E-state index in [1.165, 1.54) is 12.1 Å². The Hall–Kier alpha value is -4.26. The topological polar surface area (TPSA) is 91.9 Å². The molecule has 0 saturated carbocycles. The van der Waals surface area contributed by atoms with Crippen LogP contribution in [0.3, 0.4) is 0 Å². The summed E-state index contributed by atoms with van der Waals surface area (Å²) in [5.41, 5.74) is 4.11. The SMILES string of the molecule is O=[N+]([O-])c1ccc(C2=NN(c3ccccc3)[C@H](Cc3ccc4cccnc4c3O)C2)cc1. The molecule has 32 heavy (non-hydrogen) atoms. The standard InChI is InChI=1S/C25H20N4O3/c30-25-19(9-8-18-5-4-14-26-24(18)25)15-22-16-23(17-10-12-21(13-11-17)29(31)32)27-28(22)20-6-2-1-3-7-20/h1-14,22,30H,15-16H2/t22-/m1/s1. The first kappa shape index (κ1) is 19.7. The number of nitro benzene ring substituents is 1. The van der Waals surface area contributed by atoms with Gasteiger partial charge in [0.2, 0.25) is 0 Å². The van der Waals surface area contributed by atoms with Crippen LogP contribution in [0.25, 0.3) is 10.9 Å². The van der Waals surface area contributed by atoms with Gasteiger partial charge in [-0.15, -0.1) is 0 Å². The number of anilines is 1. The fraction of sp³-hybridized carbons (Fsp3) is 0.120. The van der Waals surface area contributed by atoms with Crippen LogP contribution in [0.1, 0.15) is 17.5 Å². The van der Waals surface area contributed by atoms with E-state index in [0.29, 0.717) is 18.4 Å². The van der Waals surface area contributed by atoms with E-state index < -0.39 is 4.92 Å². The average molecular weight is 424 g/mol. The van der Waals surface area contributed by atoms with Crippen LogP contribution in [0.2, 0.25) is 0 Å². The molecule has 1 N–H and O–H groups in total. The van der Waals surface area contributed by atoms with Crippen molar-refractivity contribution in [3.8, 4) is 5.75 Å². The number of rotatable bonds is 5. The Bertz CT molecular complexity index is 1320. The van der Waals surface area contributed by atoms with E-state index in [2.05, 4.69) is 4.98 Å². The molecule has 1 atom stereocenters. The summed E-state index contributed by atoms with van der Waals surface area (Å²) >= 11 is 0. The molecule has 0 saturated heterocycles. The number of phenols is 1. The van der Waals surface area contributed by atoms with Crippen molar-refractivity contribution in [3.63, 3.8) is 0 Å². The number of fused-ring (bicyclic) bond motifs is 1.